The zero-order chi connectivity index (χ0) is 21.9. The standard InChI is InChI=1S/C27H27N5/c28-16-19-4-6-25-23(13-19)15-27(31-25)21-8-11-32(12-9-21)10-2-1-3-22-18-30-26-7-5-20(17-29)14-24(22)26/h4-7,13-15,18,21,30-31H,1-3,8-12H2. The molecule has 0 spiro atoms. The number of unbranched alkanes of at least 4 members (excludes halogenated alkanes) is 1. The van der Waals surface area contributed by atoms with Crippen LogP contribution in [-0.2, 0) is 6.42 Å². The Balaban J connectivity index is 1.11. The Kier molecular flexibility index (Phi) is 5.67. The number of H-pyrrole nitrogens is 2. The third-order valence-corrected chi connectivity index (χ3v) is 6.87. The minimum Gasteiger partial charge on any atom is -0.361 e. The van der Waals surface area contributed by atoms with Crippen LogP contribution in [0.1, 0.15) is 54.0 Å². The normalized spacial score (nSPS) is 15.2. The number of nitrogens with one attached hydrogen (secondary N) is 2. The number of nitriles is 2. The van der Waals surface area contributed by atoms with Crippen molar-refractivity contribution in [3.8, 4) is 12.1 Å². The number of hydrogen-bond donors (Lipinski definition) is 2. The summed E-state index contributed by atoms with van der Waals surface area (Å²) in [7, 11) is 0. The molecular formula is C27H27N5. The van der Waals surface area contributed by atoms with Gasteiger partial charge >= 0.3 is 0 Å². The molecule has 0 amide bonds. The summed E-state index contributed by atoms with van der Waals surface area (Å²) in [6.45, 7) is 3.43. The van der Waals surface area contributed by atoms with Gasteiger partial charge in [0.25, 0.3) is 0 Å². The average molecular weight is 422 g/mol. The number of likely N-dealkylation sites (tertiary alicyclic amines) is 1. The topological polar surface area (TPSA) is 82.4 Å². The summed E-state index contributed by atoms with van der Waals surface area (Å²) >= 11 is 0. The first-order chi connectivity index (χ1) is 15.7. The highest BCUT2D eigenvalue weighted by atomic mass is 15.1. The summed E-state index contributed by atoms with van der Waals surface area (Å²) < 4.78 is 0. The van der Waals surface area contributed by atoms with Gasteiger partial charge in [-0.05, 0) is 99.8 Å². The van der Waals surface area contributed by atoms with Gasteiger partial charge in [-0.2, -0.15) is 10.5 Å². The minimum absolute atomic E-state index is 0.574. The molecule has 0 bridgehead atoms. The van der Waals surface area contributed by atoms with Gasteiger partial charge in [0, 0.05) is 39.6 Å². The zero-order valence-electron chi connectivity index (χ0n) is 18.2. The summed E-state index contributed by atoms with van der Waals surface area (Å²) in [6.07, 6.45) is 7.85. The smallest absolute Gasteiger partial charge is 0.0991 e. The largest absolute Gasteiger partial charge is 0.361 e. The van der Waals surface area contributed by atoms with Gasteiger partial charge in [0.05, 0.1) is 23.3 Å². The summed E-state index contributed by atoms with van der Waals surface area (Å²) in [6, 6.07) is 18.4. The molecule has 160 valence electrons. The molecule has 1 fully saturated rings. The maximum Gasteiger partial charge on any atom is 0.0991 e. The van der Waals surface area contributed by atoms with Gasteiger partial charge in [-0.15, -0.1) is 0 Å². The minimum atomic E-state index is 0.574. The molecule has 0 saturated carbocycles. The van der Waals surface area contributed by atoms with Crippen molar-refractivity contribution in [3.63, 3.8) is 0 Å². The molecule has 1 saturated heterocycles. The molecule has 32 heavy (non-hydrogen) atoms. The molecule has 2 aromatic carbocycles. The van der Waals surface area contributed by atoms with Crippen molar-refractivity contribution < 1.29 is 0 Å². The van der Waals surface area contributed by atoms with Crippen LogP contribution in [-0.4, -0.2) is 34.5 Å². The first kappa shape index (κ1) is 20.4. The highest BCUT2D eigenvalue weighted by molar-refractivity contribution is 5.84. The molecule has 1 aliphatic rings. The van der Waals surface area contributed by atoms with Crippen LogP contribution in [0.3, 0.4) is 0 Å². The number of rotatable bonds is 6. The van der Waals surface area contributed by atoms with E-state index in [4.69, 9.17) is 10.5 Å². The predicted octanol–water partition coefficient (Wildman–Crippen LogP) is 5.59. The highest BCUT2D eigenvalue weighted by Gasteiger charge is 2.21. The maximum absolute atomic E-state index is 9.15. The van der Waals surface area contributed by atoms with Crippen LogP contribution < -0.4 is 0 Å². The Morgan fingerprint density at radius 3 is 2.44 bits per heavy atom. The van der Waals surface area contributed by atoms with Crippen molar-refractivity contribution >= 4 is 21.8 Å². The molecule has 5 rings (SSSR count). The number of aromatic nitrogens is 2. The highest BCUT2D eigenvalue weighted by Crippen LogP contribution is 2.30. The van der Waals surface area contributed by atoms with Gasteiger partial charge in [-0.1, -0.05) is 0 Å². The molecule has 4 aromatic rings. The molecule has 0 aliphatic carbocycles. The van der Waals surface area contributed by atoms with Gasteiger partial charge in [0.1, 0.15) is 0 Å². The van der Waals surface area contributed by atoms with Gasteiger partial charge in [0.2, 0.25) is 0 Å². The zero-order valence-corrected chi connectivity index (χ0v) is 18.2. The van der Waals surface area contributed by atoms with E-state index in [2.05, 4.69) is 39.3 Å². The quantitative estimate of drug-likeness (QED) is 0.398. The molecule has 0 radical (unpaired) electrons. The van der Waals surface area contributed by atoms with Crippen molar-refractivity contribution in [2.75, 3.05) is 19.6 Å². The summed E-state index contributed by atoms with van der Waals surface area (Å²) in [5.41, 5.74) is 6.31. The van der Waals surface area contributed by atoms with Crippen LogP contribution >= 0.6 is 0 Å². The van der Waals surface area contributed by atoms with E-state index in [1.54, 1.807) is 0 Å². The molecule has 5 nitrogen and oxygen atoms in total. The number of nitrogens with zero attached hydrogens (tertiary/aromatic N) is 3. The Labute approximate surface area is 188 Å². The van der Waals surface area contributed by atoms with E-state index in [1.807, 2.05) is 36.4 Å². The average Bonchev–Trinajstić information content (AvgIpc) is 3.45. The third-order valence-electron chi connectivity index (χ3n) is 6.87. The molecule has 1 aliphatic heterocycles. The first-order valence-electron chi connectivity index (χ1n) is 11.5. The van der Waals surface area contributed by atoms with Crippen LogP contribution in [0.25, 0.3) is 21.8 Å². The fraction of sp³-hybridized carbons (Fsp3) is 0.333. The van der Waals surface area contributed by atoms with Gasteiger partial charge in [0.15, 0.2) is 0 Å². The molecule has 5 heteroatoms. The van der Waals surface area contributed by atoms with Crippen LogP contribution in [0.15, 0.2) is 48.7 Å². The Morgan fingerprint density at radius 1 is 0.906 bits per heavy atom. The number of fused-ring (bicyclic) bond motifs is 2. The lowest BCUT2D eigenvalue weighted by Crippen LogP contribution is -2.33. The van der Waals surface area contributed by atoms with Crippen molar-refractivity contribution in [2.24, 2.45) is 0 Å². The van der Waals surface area contributed by atoms with E-state index in [0.29, 0.717) is 5.92 Å². The monoisotopic (exact) mass is 421 g/mol. The number of aromatic amines is 2. The molecule has 3 heterocycles. The lowest BCUT2D eigenvalue weighted by Gasteiger charge is -2.31. The van der Waals surface area contributed by atoms with E-state index in [1.165, 1.54) is 35.9 Å². The Morgan fingerprint density at radius 2 is 1.66 bits per heavy atom. The van der Waals surface area contributed by atoms with Gasteiger partial charge in [-0.25, -0.2) is 0 Å². The van der Waals surface area contributed by atoms with Crippen molar-refractivity contribution in [1.29, 1.82) is 10.5 Å². The maximum atomic E-state index is 9.15. The second kappa shape index (κ2) is 8.91. The molecule has 2 aromatic heterocycles. The Bertz CT molecular complexity index is 1320. The number of aryl methyl sites for hydroxylation is 1. The van der Waals surface area contributed by atoms with Gasteiger partial charge < -0.3 is 14.9 Å². The lowest BCUT2D eigenvalue weighted by atomic mass is 9.93. The van der Waals surface area contributed by atoms with Crippen molar-refractivity contribution in [3.05, 3.63) is 71.0 Å². The molecule has 0 atom stereocenters. The number of benzene rings is 2. The first-order valence-corrected chi connectivity index (χ1v) is 11.5. The third kappa shape index (κ3) is 4.13. The predicted molar refractivity (Wildman–Crippen MR) is 127 cm³/mol. The van der Waals surface area contributed by atoms with Crippen molar-refractivity contribution in [2.45, 2.75) is 38.0 Å². The summed E-state index contributed by atoms with van der Waals surface area (Å²) in [5.74, 6) is 0.574. The molecule has 2 N–H and O–H groups in total. The van der Waals surface area contributed by atoms with Crippen molar-refractivity contribution in [1.82, 2.24) is 14.9 Å². The second-order valence-electron chi connectivity index (χ2n) is 8.90. The van der Waals surface area contributed by atoms with Crippen LogP contribution in [0, 0.1) is 22.7 Å². The van der Waals surface area contributed by atoms with E-state index in [9.17, 15) is 0 Å². The van der Waals surface area contributed by atoms with E-state index < -0.39 is 0 Å². The van der Waals surface area contributed by atoms with E-state index in [-0.39, 0.29) is 0 Å². The SMILES string of the molecule is N#Cc1ccc2[nH]c(C3CCN(CCCCc4c[nH]c5ccc(C#N)cc45)CC3)cc2c1. The van der Waals surface area contributed by atoms with Gasteiger partial charge in [-0.3, -0.25) is 0 Å². The number of hydrogen-bond acceptors (Lipinski definition) is 3. The fourth-order valence-electron chi connectivity index (χ4n) is 5.02. The van der Waals surface area contributed by atoms with E-state index in [0.717, 1.165) is 60.0 Å². The molecule has 0 unspecified atom stereocenters. The second-order valence-corrected chi connectivity index (χ2v) is 8.90. The lowest BCUT2D eigenvalue weighted by molar-refractivity contribution is 0.208. The van der Waals surface area contributed by atoms with Crippen LogP contribution in [0.2, 0.25) is 0 Å². The number of piperidine rings is 1. The summed E-state index contributed by atoms with van der Waals surface area (Å²) in [4.78, 5) is 9.49. The van der Waals surface area contributed by atoms with Crippen LogP contribution in [0.4, 0.5) is 0 Å². The van der Waals surface area contributed by atoms with E-state index >= 15 is 0 Å². The van der Waals surface area contributed by atoms with Crippen LogP contribution in [0.5, 0.6) is 0 Å². The Hall–Kier alpha value is -3.54. The summed E-state index contributed by atoms with van der Waals surface area (Å²) in [5, 5.41) is 20.6. The fourth-order valence-corrected chi connectivity index (χ4v) is 5.02. The molecular weight excluding hydrogens is 394 g/mol.